The normalized spacial score (nSPS) is 10.4. The van der Waals surface area contributed by atoms with Gasteiger partial charge in [0.15, 0.2) is 0 Å². The number of rotatable bonds is 6. The number of carbonyl (C=O) groups excluding carboxylic acids is 1. The van der Waals surface area contributed by atoms with E-state index in [1.165, 1.54) is 0 Å². The van der Waals surface area contributed by atoms with Crippen LogP contribution in [-0.2, 0) is 4.74 Å². The average Bonchev–Trinajstić information content (AvgIpc) is 2.33. The molecule has 100 valence electrons. The number of hydrogen-bond acceptors (Lipinski definition) is 2. The fourth-order valence-electron chi connectivity index (χ4n) is 1.66. The second kappa shape index (κ2) is 7.62. The molecule has 1 aromatic rings. The largest absolute Gasteiger partial charge is 0.383 e. The van der Waals surface area contributed by atoms with Crippen LogP contribution in [0.1, 0.15) is 15.9 Å². The quantitative estimate of drug-likeness (QED) is 0.754. The highest BCUT2D eigenvalue weighted by Gasteiger charge is 2.16. The number of methoxy groups -OCH3 is 1. The molecule has 0 saturated heterocycles. The van der Waals surface area contributed by atoms with Gasteiger partial charge in [0.1, 0.15) is 0 Å². The summed E-state index contributed by atoms with van der Waals surface area (Å²) in [6.45, 7) is 3.40. The van der Waals surface area contributed by atoms with Crippen LogP contribution < -0.4 is 0 Å². The van der Waals surface area contributed by atoms with Crippen LogP contribution in [0, 0.1) is 6.92 Å². The van der Waals surface area contributed by atoms with Crippen molar-refractivity contribution in [3.05, 3.63) is 34.3 Å². The van der Waals surface area contributed by atoms with E-state index in [2.05, 4.69) is 0 Å². The molecule has 3 nitrogen and oxygen atoms in total. The lowest BCUT2D eigenvalue weighted by Crippen LogP contribution is -2.35. The molecule has 1 aromatic carbocycles. The molecule has 0 aliphatic carbocycles. The van der Waals surface area contributed by atoms with Crippen molar-refractivity contribution in [2.75, 3.05) is 32.7 Å². The summed E-state index contributed by atoms with van der Waals surface area (Å²) in [6, 6.07) is 5.25. The van der Waals surface area contributed by atoms with E-state index in [9.17, 15) is 4.79 Å². The van der Waals surface area contributed by atoms with Crippen LogP contribution in [0.5, 0.6) is 0 Å². The van der Waals surface area contributed by atoms with Gasteiger partial charge in [-0.25, -0.2) is 0 Å². The highest BCUT2D eigenvalue weighted by Crippen LogP contribution is 2.17. The molecule has 1 rings (SSSR count). The third-order valence-electron chi connectivity index (χ3n) is 2.63. The van der Waals surface area contributed by atoms with Crippen molar-refractivity contribution in [2.24, 2.45) is 0 Å². The summed E-state index contributed by atoms with van der Waals surface area (Å²) < 4.78 is 5.00. The van der Waals surface area contributed by atoms with Crippen LogP contribution in [-0.4, -0.2) is 43.5 Å². The molecule has 0 bridgehead atoms. The monoisotopic (exact) mass is 289 g/mol. The third-order valence-corrected chi connectivity index (χ3v) is 3.03. The zero-order chi connectivity index (χ0) is 13.5. The van der Waals surface area contributed by atoms with Gasteiger partial charge in [-0.05, 0) is 30.7 Å². The summed E-state index contributed by atoms with van der Waals surface area (Å²) in [5.41, 5.74) is 1.52. The number of hydrogen-bond donors (Lipinski definition) is 0. The first-order valence-corrected chi connectivity index (χ1v) is 6.61. The first-order valence-electron chi connectivity index (χ1n) is 5.70. The number of halogens is 2. The van der Waals surface area contributed by atoms with Gasteiger partial charge in [-0.3, -0.25) is 4.79 Å². The second-order valence-electron chi connectivity index (χ2n) is 3.93. The summed E-state index contributed by atoms with van der Waals surface area (Å²) in [4.78, 5) is 14.0. The molecule has 0 N–H and O–H groups in total. The van der Waals surface area contributed by atoms with E-state index in [4.69, 9.17) is 27.9 Å². The maximum atomic E-state index is 12.3. The Hall–Kier alpha value is -0.770. The van der Waals surface area contributed by atoms with Crippen molar-refractivity contribution in [1.29, 1.82) is 0 Å². The van der Waals surface area contributed by atoms with Crippen molar-refractivity contribution >= 4 is 29.1 Å². The van der Waals surface area contributed by atoms with E-state index in [1.54, 1.807) is 30.2 Å². The number of ether oxygens (including phenoxy) is 1. The van der Waals surface area contributed by atoms with E-state index >= 15 is 0 Å². The van der Waals surface area contributed by atoms with Crippen LogP contribution >= 0.6 is 23.2 Å². The number of benzene rings is 1. The zero-order valence-corrected chi connectivity index (χ0v) is 12.1. The number of alkyl halides is 1. The van der Waals surface area contributed by atoms with Gasteiger partial charge >= 0.3 is 0 Å². The van der Waals surface area contributed by atoms with Gasteiger partial charge in [-0.15, -0.1) is 11.6 Å². The van der Waals surface area contributed by atoms with E-state index in [0.717, 1.165) is 5.56 Å². The van der Waals surface area contributed by atoms with Crippen LogP contribution in [0.4, 0.5) is 0 Å². The standard InChI is InChI=1S/C13H17Cl2NO2/c1-10-9-11(15)3-4-12(10)13(17)16(6-5-14)7-8-18-2/h3-4,9H,5-8H2,1-2H3. The van der Waals surface area contributed by atoms with Gasteiger partial charge < -0.3 is 9.64 Å². The Morgan fingerprint density at radius 3 is 2.67 bits per heavy atom. The Bertz CT molecular complexity index is 410. The lowest BCUT2D eigenvalue weighted by molar-refractivity contribution is 0.0707. The molecule has 0 saturated carbocycles. The summed E-state index contributed by atoms with van der Waals surface area (Å²) in [5, 5.41) is 0.629. The molecule has 0 aliphatic rings. The summed E-state index contributed by atoms with van der Waals surface area (Å²) in [5.74, 6) is 0.365. The summed E-state index contributed by atoms with van der Waals surface area (Å²) in [6.07, 6.45) is 0. The maximum Gasteiger partial charge on any atom is 0.254 e. The minimum atomic E-state index is -0.0399. The Balaban J connectivity index is 2.87. The van der Waals surface area contributed by atoms with Crippen molar-refractivity contribution in [3.8, 4) is 0 Å². The van der Waals surface area contributed by atoms with Gasteiger partial charge in [-0.2, -0.15) is 0 Å². The van der Waals surface area contributed by atoms with Gasteiger partial charge in [0.25, 0.3) is 5.91 Å². The topological polar surface area (TPSA) is 29.5 Å². The molecule has 0 radical (unpaired) electrons. The van der Waals surface area contributed by atoms with Crippen LogP contribution in [0.2, 0.25) is 5.02 Å². The van der Waals surface area contributed by atoms with Crippen molar-refractivity contribution in [2.45, 2.75) is 6.92 Å². The summed E-state index contributed by atoms with van der Waals surface area (Å²) >= 11 is 11.6. The lowest BCUT2D eigenvalue weighted by Gasteiger charge is -2.22. The van der Waals surface area contributed by atoms with E-state index in [-0.39, 0.29) is 5.91 Å². The Labute approximate surface area is 118 Å². The molecule has 0 aliphatic heterocycles. The lowest BCUT2D eigenvalue weighted by atomic mass is 10.1. The van der Waals surface area contributed by atoms with Crippen molar-refractivity contribution in [3.63, 3.8) is 0 Å². The first kappa shape index (κ1) is 15.3. The molecular formula is C13H17Cl2NO2. The van der Waals surface area contributed by atoms with E-state index < -0.39 is 0 Å². The van der Waals surface area contributed by atoms with Gasteiger partial charge in [0.2, 0.25) is 0 Å². The SMILES string of the molecule is COCCN(CCCl)C(=O)c1ccc(Cl)cc1C. The number of carbonyl (C=O) groups is 1. The van der Waals surface area contributed by atoms with Gasteiger partial charge in [-0.1, -0.05) is 11.6 Å². The maximum absolute atomic E-state index is 12.3. The van der Waals surface area contributed by atoms with E-state index in [1.807, 2.05) is 6.92 Å². The van der Waals surface area contributed by atoms with Crippen molar-refractivity contribution in [1.82, 2.24) is 4.90 Å². The minimum Gasteiger partial charge on any atom is -0.383 e. The molecule has 0 unspecified atom stereocenters. The Morgan fingerprint density at radius 1 is 1.39 bits per heavy atom. The molecule has 1 amide bonds. The molecule has 0 aromatic heterocycles. The number of amides is 1. The Kier molecular flexibility index (Phi) is 6.47. The predicted octanol–water partition coefficient (Wildman–Crippen LogP) is 2.98. The Morgan fingerprint density at radius 2 is 2.11 bits per heavy atom. The molecule has 0 heterocycles. The zero-order valence-electron chi connectivity index (χ0n) is 10.6. The van der Waals surface area contributed by atoms with Crippen LogP contribution in [0.25, 0.3) is 0 Å². The fourth-order valence-corrected chi connectivity index (χ4v) is 2.09. The van der Waals surface area contributed by atoms with Crippen LogP contribution in [0.15, 0.2) is 18.2 Å². The fraction of sp³-hybridized carbons (Fsp3) is 0.462. The van der Waals surface area contributed by atoms with E-state index in [0.29, 0.717) is 36.2 Å². The van der Waals surface area contributed by atoms with Gasteiger partial charge in [0, 0.05) is 36.7 Å². The number of aryl methyl sites for hydroxylation is 1. The molecule has 0 fully saturated rings. The molecular weight excluding hydrogens is 273 g/mol. The highest BCUT2D eigenvalue weighted by atomic mass is 35.5. The van der Waals surface area contributed by atoms with Crippen molar-refractivity contribution < 1.29 is 9.53 Å². The predicted molar refractivity (Wildman–Crippen MR) is 74.7 cm³/mol. The minimum absolute atomic E-state index is 0.0399. The second-order valence-corrected chi connectivity index (χ2v) is 4.75. The first-order chi connectivity index (χ1) is 8.60. The number of nitrogens with zero attached hydrogens (tertiary/aromatic N) is 1. The summed E-state index contributed by atoms with van der Waals surface area (Å²) in [7, 11) is 1.61. The van der Waals surface area contributed by atoms with Crippen LogP contribution in [0.3, 0.4) is 0 Å². The third kappa shape index (κ3) is 4.16. The molecule has 5 heteroatoms. The molecule has 18 heavy (non-hydrogen) atoms. The highest BCUT2D eigenvalue weighted by molar-refractivity contribution is 6.30. The molecule has 0 atom stereocenters. The molecule has 0 spiro atoms. The van der Waals surface area contributed by atoms with Gasteiger partial charge in [0.05, 0.1) is 6.61 Å². The smallest absolute Gasteiger partial charge is 0.254 e. The average molecular weight is 290 g/mol.